The second-order valence-electron chi connectivity index (χ2n) is 6.15. The summed E-state index contributed by atoms with van der Waals surface area (Å²) in [6.45, 7) is 6.61. The monoisotopic (exact) mass is 383 g/mol. The highest BCUT2D eigenvalue weighted by Gasteiger charge is 2.20. The fraction of sp³-hybridized carbons (Fsp3) is 0.250. The van der Waals surface area contributed by atoms with Crippen molar-refractivity contribution in [2.24, 2.45) is 0 Å². The van der Waals surface area contributed by atoms with Crippen LogP contribution in [0.1, 0.15) is 34.0 Å². The zero-order valence-electron chi connectivity index (χ0n) is 15.0. The first-order chi connectivity index (χ1) is 12.5. The van der Waals surface area contributed by atoms with Crippen LogP contribution in [0, 0.1) is 13.8 Å². The lowest BCUT2D eigenvalue weighted by Gasteiger charge is -2.11. The van der Waals surface area contributed by atoms with Gasteiger partial charge in [0.05, 0.1) is 5.25 Å². The third kappa shape index (κ3) is 4.71. The van der Waals surface area contributed by atoms with Gasteiger partial charge in [0.2, 0.25) is 5.13 Å². The second-order valence-corrected chi connectivity index (χ2v) is 8.72. The number of nitrogens with one attached hydrogen (secondary N) is 1. The fourth-order valence-electron chi connectivity index (χ4n) is 2.53. The van der Waals surface area contributed by atoms with Crippen LogP contribution in [-0.2, 0) is 6.54 Å². The summed E-state index contributed by atoms with van der Waals surface area (Å²) < 4.78 is 0.798. The number of aryl methyl sites for hydroxylation is 2. The Bertz CT molecular complexity index is 893. The van der Waals surface area contributed by atoms with Gasteiger partial charge in [-0.3, -0.25) is 4.79 Å². The van der Waals surface area contributed by atoms with Crippen LogP contribution in [-0.4, -0.2) is 21.2 Å². The number of thioether (sulfide) groups is 1. The molecule has 0 aliphatic rings. The molecule has 1 atom stereocenters. The first kappa shape index (κ1) is 18.6. The lowest BCUT2D eigenvalue weighted by atomic mass is 10.0. The Morgan fingerprint density at radius 2 is 1.92 bits per heavy atom. The average Bonchev–Trinajstić information content (AvgIpc) is 3.09. The topological polar surface area (TPSA) is 54.9 Å². The quantitative estimate of drug-likeness (QED) is 0.453. The number of benzene rings is 2. The third-order valence-corrected chi connectivity index (χ3v) is 6.06. The molecule has 4 nitrogen and oxygen atoms in total. The average molecular weight is 384 g/mol. The summed E-state index contributed by atoms with van der Waals surface area (Å²) in [6.07, 6.45) is 0. The van der Waals surface area contributed by atoms with Crippen molar-refractivity contribution in [1.29, 1.82) is 0 Å². The van der Waals surface area contributed by atoms with Crippen LogP contribution in [0.25, 0.3) is 0 Å². The Balaban J connectivity index is 1.61. The number of rotatable bonds is 7. The van der Waals surface area contributed by atoms with Gasteiger partial charge in [-0.1, -0.05) is 71.1 Å². The summed E-state index contributed by atoms with van der Waals surface area (Å²) >= 11 is 2.94. The summed E-state index contributed by atoms with van der Waals surface area (Å²) in [4.78, 5) is 12.8. The SMILES string of the molecule is Cc1ccc(C)c(C(=O)[C@H](C)Sc2nnc(NCc3ccccc3)s2)c1. The van der Waals surface area contributed by atoms with Crippen molar-refractivity contribution in [3.8, 4) is 0 Å². The molecule has 0 fully saturated rings. The van der Waals surface area contributed by atoms with Gasteiger partial charge in [0.15, 0.2) is 10.1 Å². The summed E-state index contributed by atoms with van der Waals surface area (Å²) in [5, 5.41) is 12.2. The van der Waals surface area contributed by atoms with Gasteiger partial charge in [0.25, 0.3) is 0 Å². The molecule has 0 saturated heterocycles. The molecule has 1 aromatic heterocycles. The molecule has 0 radical (unpaired) electrons. The van der Waals surface area contributed by atoms with Gasteiger partial charge in [0, 0.05) is 12.1 Å². The minimum absolute atomic E-state index is 0.130. The first-order valence-corrected chi connectivity index (χ1v) is 10.1. The normalized spacial score (nSPS) is 12.0. The van der Waals surface area contributed by atoms with Crippen molar-refractivity contribution >= 4 is 34.0 Å². The first-order valence-electron chi connectivity index (χ1n) is 8.42. The predicted molar refractivity (Wildman–Crippen MR) is 109 cm³/mol. The van der Waals surface area contributed by atoms with Crippen molar-refractivity contribution in [1.82, 2.24) is 10.2 Å². The van der Waals surface area contributed by atoms with E-state index in [1.807, 2.05) is 57.2 Å². The molecule has 0 unspecified atom stereocenters. The lowest BCUT2D eigenvalue weighted by molar-refractivity contribution is 0.0993. The van der Waals surface area contributed by atoms with Crippen molar-refractivity contribution in [3.05, 3.63) is 70.8 Å². The van der Waals surface area contributed by atoms with E-state index < -0.39 is 0 Å². The second kappa shape index (κ2) is 8.47. The molecule has 0 bridgehead atoms. The van der Waals surface area contributed by atoms with E-state index in [4.69, 9.17) is 0 Å². The highest BCUT2D eigenvalue weighted by molar-refractivity contribution is 8.02. The van der Waals surface area contributed by atoms with Gasteiger partial charge in [0.1, 0.15) is 0 Å². The smallest absolute Gasteiger partial charge is 0.206 e. The van der Waals surface area contributed by atoms with E-state index in [9.17, 15) is 4.79 Å². The Kier molecular flexibility index (Phi) is 6.06. The van der Waals surface area contributed by atoms with Crippen LogP contribution < -0.4 is 5.32 Å². The molecule has 1 heterocycles. The lowest BCUT2D eigenvalue weighted by Crippen LogP contribution is -2.15. The highest BCUT2D eigenvalue weighted by Crippen LogP contribution is 2.31. The van der Waals surface area contributed by atoms with Crippen molar-refractivity contribution in [2.75, 3.05) is 5.32 Å². The van der Waals surface area contributed by atoms with E-state index in [-0.39, 0.29) is 11.0 Å². The van der Waals surface area contributed by atoms with Crippen molar-refractivity contribution < 1.29 is 4.79 Å². The molecule has 26 heavy (non-hydrogen) atoms. The molecular formula is C20H21N3OS2. The Hall–Kier alpha value is -2.18. The Morgan fingerprint density at radius 3 is 2.69 bits per heavy atom. The van der Waals surface area contributed by atoms with Crippen LogP contribution in [0.5, 0.6) is 0 Å². The molecule has 134 valence electrons. The van der Waals surface area contributed by atoms with E-state index in [0.717, 1.165) is 26.2 Å². The van der Waals surface area contributed by atoms with E-state index >= 15 is 0 Å². The van der Waals surface area contributed by atoms with Gasteiger partial charge in [-0.05, 0) is 38.0 Å². The molecule has 0 aliphatic heterocycles. The fourth-order valence-corrected chi connectivity index (χ4v) is 4.49. The van der Waals surface area contributed by atoms with Crippen molar-refractivity contribution in [2.45, 2.75) is 36.9 Å². The van der Waals surface area contributed by atoms with Crippen LogP contribution in [0.15, 0.2) is 52.9 Å². The predicted octanol–water partition coefficient (Wildman–Crippen LogP) is 5.13. The number of Topliss-reactive ketones (excluding diaryl/α,β-unsaturated/α-hetero) is 1. The molecule has 1 N–H and O–H groups in total. The summed E-state index contributed by atoms with van der Waals surface area (Å²) in [6, 6.07) is 16.1. The molecule has 3 aromatic rings. The highest BCUT2D eigenvalue weighted by atomic mass is 32.2. The zero-order valence-corrected chi connectivity index (χ0v) is 16.7. The van der Waals surface area contributed by atoms with E-state index in [1.165, 1.54) is 28.7 Å². The molecule has 0 amide bonds. The maximum absolute atomic E-state index is 12.8. The molecule has 6 heteroatoms. The van der Waals surface area contributed by atoms with Crippen LogP contribution in [0.3, 0.4) is 0 Å². The zero-order chi connectivity index (χ0) is 18.5. The van der Waals surface area contributed by atoms with Gasteiger partial charge in [-0.2, -0.15) is 0 Å². The number of aromatic nitrogens is 2. The Morgan fingerprint density at radius 1 is 1.15 bits per heavy atom. The van der Waals surface area contributed by atoms with Gasteiger partial charge in [-0.15, -0.1) is 10.2 Å². The minimum Gasteiger partial charge on any atom is -0.356 e. The van der Waals surface area contributed by atoms with Crippen LogP contribution >= 0.6 is 23.1 Å². The van der Waals surface area contributed by atoms with Gasteiger partial charge in [-0.25, -0.2) is 0 Å². The van der Waals surface area contributed by atoms with E-state index in [1.54, 1.807) is 0 Å². The van der Waals surface area contributed by atoms with Gasteiger partial charge >= 0.3 is 0 Å². The molecule has 0 spiro atoms. The standard InChI is InChI=1S/C20H21N3OS2/c1-13-9-10-14(2)17(11-13)18(24)15(3)25-20-23-22-19(26-20)21-12-16-7-5-4-6-8-16/h4-11,15H,12H2,1-3H3,(H,21,22)/t15-/m0/s1. The molecule has 0 aliphatic carbocycles. The van der Waals surface area contributed by atoms with Crippen LogP contribution in [0.4, 0.5) is 5.13 Å². The summed E-state index contributed by atoms with van der Waals surface area (Å²) in [5.41, 5.74) is 4.09. The summed E-state index contributed by atoms with van der Waals surface area (Å²) in [5.74, 6) is 0.130. The molecule has 2 aromatic carbocycles. The number of nitrogens with zero attached hydrogens (tertiary/aromatic N) is 2. The number of hydrogen-bond acceptors (Lipinski definition) is 6. The number of anilines is 1. The third-order valence-electron chi connectivity index (χ3n) is 4.00. The molecular weight excluding hydrogens is 362 g/mol. The summed E-state index contributed by atoms with van der Waals surface area (Å²) in [7, 11) is 0. The Labute approximate surface area is 162 Å². The van der Waals surface area contributed by atoms with Gasteiger partial charge < -0.3 is 5.32 Å². The molecule has 0 saturated carbocycles. The van der Waals surface area contributed by atoms with Crippen LogP contribution in [0.2, 0.25) is 0 Å². The largest absolute Gasteiger partial charge is 0.356 e. The maximum atomic E-state index is 12.8. The molecule has 3 rings (SSSR count). The van der Waals surface area contributed by atoms with Crippen molar-refractivity contribution in [3.63, 3.8) is 0 Å². The maximum Gasteiger partial charge on any atom is 0.206 e. The number of carbonyl (C=O) groups excluding carboxylic acids is 1. The number of ketones is 1. The number of hydrogen-bond donors (Lipinski definition) is 1. The minimum atomic E-state index is -0.203. The van der Waals surface area contributed by atoms with E-state index in [0.29, 0.717) is 6.54 Å². The van der Waals surface area contributed by atoms with E-state index in [2.05, 4.69) is 27.6 Å². The number of carbonyl (C=O) groups is 1.